The number of hydrogen-bond acceptors (Lipinski definition) is 2. The molecule has 0 aromatic carbocycles. The van der Waals surface area contributed by atoms with Crippen LogP contribution in [-0.2, 0) is 0 Å². The van der Waals surface area contributed by atoms with E-state index in [-0.39, 0.29) is 29.6 Å². The molecule has 0 aliphatic carbocycles. The van der Waals surface area contributed by atoms with Crippen molar-refractivity contribution in [2.75, 3.05) is 0 Å². The summed E-state index contributed by atoms with van der Waals surface area (Å²) in [6.45, 7) is 0. The Bertz CT molecular complexity index is 142. The Labute approximate surface area is 76.2 Å². The second-order valence-corrected chi connectivity index (χ2v) is 1.73. The number of rotatable bonds is 0. The fourth-order valence-electron chi connectivity index (χ4n) is 0.354. The van der Waals surface area contributed by atoms with Crippen molar-refractivity contribution in [2.45, 2.75) is 4.90 Å². The van der Waals surface area contributed by atoms with Gasteiger partial charge in [-0.05, 0) is 12.1 Å². The van der Waals surface area contributed by atoms with E-state index in [0.29, 0.717) is 0 Å². The normalized spacial score (nSPS) is 7.62. The van der Waals surface area contributed by atoms with Crippen molar-refractivity contribution < 1.29 is 0 Å². The molecule has 0 unspecified atom stereocenters. The van der Waals surface area contributed by atoms with Gasteiger partial charge in [0.15, 0.2) is 0 Å². The van der Waals surface area contributed by atoms with Crippen LogP contribution in [0, 0.1) is 0 Å². The molecule has 0 aliphatic heterocycles. The molecule has 0 aliphatic rings. The molecule has 1 aromatic rings. The average Bonchev–Trinajstić information content (AvgIpc) is 1.69. The maximum absolute atomic E-state index is 4.02. The van der Waals surface area contributed by atoms with Crippen LogP contribution in [0.25, 0.3) is 0 Å². The van der Waals surface area contributed by atoms with Gasteiger partial charge in [-0.2, -0.15) is 0 Å². The van der Waals surface area contributed by atoms with Crippen molar-refractivity contribution in [3.05, 3.63) is 24.5 Å². The van der Waals surface area contributed by atoms with Crippen molar-refractivity contribution in [2.24, 2.45) is 0 Å². The quantitative estimate of drug-likeness (QED) is 0.412. The molecular weight excluding hydrogens is 129 g/mol. The molecule has 1 aromatic heterocycles. The van der Waals surface area contributed by atoms with Crippen LogP contribution in [0.3, 0.4) is 0 Å². The molecule has 8 heavy (non-hydrogen) atoms. The first-order chi connectivity index (χ1) is 3.39. The summed E-state index contributed by atoms with van der Waals surface area (Å²) < 4.78 is 0. The fraction of sp³-hybridized carbons (Fsp3) is 0. The Morgan fingerprint density at radius 3 is 2.50 bits per heavy atom. The summed E-state index contributed by atoms with van der Waals surface area (Å²) in [4.78, 5) is 4.71. The topological polar surface area (TPSA) is 12.9 Å². The van der Waals surface area contributed by atoms with Crippen molar-refractivity contribution >= 4 is 42.2 Å². The van der Waals surface area contributed by atoms with E-state index in [9.17, 15) is 0 Å². The van der Waals surface area contributed by atoms with Gasteiger partial charge in [-0.15, -0.1) is 12.6 Å². The van der Waals surface area contributed by atoms with Gasteiger partial charge in [0.25, 0.3) is 0 Å². The minimum absolute atomic E-state index is 0. The van der Waals surface area contributed by atoms with E-state index in [2.05, 4.69) is 17.6 Å². The van der Waals surface area contributed by atoms with Crippen LogP contribution in [-0.4, -0.2) is 34.5 Å². The van der Waals surface area contributed by atoms with Gasteiger partial charge < -0.3 is 0 Å². The smallest absolute Gasteiger partial charge is 0.0401 e. The monoisotopic (exact) mass is 134 g/mol. The molecular formula is C5H5NNaS. The molecule has 0 amide bonds. The summed E-state index contributed by atoms with van der Waals surface area (Å²) in [5.41, 5.74) is 0. The number of aromatic nitrogens is 1. The van der Waals surface area contributed by atoms with Crippen molar-refractivity contribution in [3.63, 3.8) is 0 Å². The zero-order chi connectivity index (χ0) is 5.11. The molecule has 0 saturated heterocycles. The van der Waals surface area contributed by atoms with E-state index in [4.69, 9.17) is 0 Å². The van der Waals surface area contributed by atoms with Gasteiger partial charge >= 0.3 is 0 Å². The van der Waals surface area contributed by atoms with Crippen LogP contribution >= 0.6 is 12.6 Å². The molecule has 0 saturated carbocycles. The van der Waals surface area contributed by atoms with Crippen LogP contribution in [0.5, 0.6) is 0 Å². The summed E-state index contributed by atoms with van der Waals surface area (Å²) in [6, 6.07) is 3.73. The van der Waals surface area contributed by atoms with E-state index in [0.717, 1.165) is 4.90 Å². The molecule has 1 heterocycles. The third-order valence-electron chi connectivity index (χ3n) is 0.646. The summed E-state index contributed by atoms with van der Waals surface area (Å²) in [5, 5.41) is 0. The molecule has 0 spiro atoms. The third-order valence-corrected chi connectivity index (χ3v) is 0.910. The Kier molecular flexibility index (Phi) is 4.66. The molecule has 1 nitrogen and oxygen atoms in total. The first-order valence-electron chi connectivity index (χ1n) is 1.98. The van der Waals surface area contributed by atoms with Crippen molar-refractivity contribution in [1.29, 1.82) is 0 Å². The number of pyridine rings is 1. The second-order valence-electron chi connectivity index (χ2n) is 1.21. The molecule has 1 radical (unpaired) electrons. The van der Waals surface area contributed by atoms with Crippen LogP contribution < -0.4 is 0 Å². The fourth-order valence-corrected chi connectivity index (χ4v) is 0.506. The Hall–Kier alpha value is 0.500. The van der Waals surface area contributed by atoms with Crippen LogP contribution in [0.1, 0.15) is 0 Å². The van der Waals surface area contributed by atoms with Gasteiger partial charge in [-0.3, -0.25) is 4.98 Å². The summed E-state index contributed by atoms with van der Waals surface area (Å²) in [5.74, 6) is 0. The van der Waals surface area contributed by atoms with Crippen LogP contribution in [0.4, 0.5) is 0 Å². The molecule has 0 N–H and O–H groups in total. The minimum Gasteiger partial charge on any atom is -0.264 e. The van der Waals surface area contributed by atoms with E-state index in [1.807, 2.05) is 12.1 Å². The molecule has 37 valence electrons. The number of hydrogen-bond donors (Lipinski definition) is 1. The first-order valence-corrected chi connectivity index (χ1v) is 2.43. The Morgan fingerprint density at radius 2 is 2.25 bits per heavy atom. The van der Waals surface area contributed by atoms with Gasteiger partial charge in [-0.1, -0.05) is 0 Å². The molecule has 0 bridgehead atoms. The maximum Gasteiger partial charge on any atom is 0.0401 e. The van der Waals surface area contributed by atoms with E-state index >= 15 is 0 Å². The zero-order valence-corrected chi connectivity index (χ0v) is 7.60. The van der Waals surface area contributed by atoms with Crippen LogP contribution in [0.15, 0.2) is 29.4 Å². The maximum atomic E-state index is 4.02. The SMILES string of the molecule is Sc1cccnc1.[Na]. The standard InChI is InChI=1S/C5H5NS.Na/c7-5-2-1-3-6-4-5;/h1-4,7H;. The zero-order valence-electron chi connectivity index (χ0n) is 4.70. The molecule has 3 heteroatoms. The van der Waals surface area contributed by atoms with Gasteiger partial charge in [0, 0.05) is 46.8 Å². The van der Waals surface area contributed by atoms with E-state index < -0.39 is 0 Å². The Morgan fingerprint density at radius 1 is 1.50 bits per heavy atom. The average molecular weight is 134 g/mol. The van der Waals surface area contributed by atoms with Crippen LogP contribution in [0.2, 0.25) is 0 Å². The molecule has 1 rings (SSSR count). The van der Waals surface area contributed by atoms with Gasteiger partial charge in [0.1, 0.15) is 0 Å². The third kappa shape index (κ3) is 2.72. The number of nitrogens with zero attached hydrogens (tertiary/aromatic N) is 1. The first kappa shape index (κ1) is 8.50. The van der Waals surface area contributed by atoms with Crippen molar-refractivity contribution in [1.82, 2.24) is 4.98 Å². The van der Waals surface area contributed by atoms with Gasteiger partial charge in [0.05, 0.1) is 0 Å². The summed E-state index contributed by atoms with van der Waals surface area (Å²) >= 11 is 4.02. The summed E-state index contributed by atoms with van der Waals surface area (Å²) in [6.07, 6.45) is 3.42. The van der Waals surface area contributed by atoms with Crippen molar-refractivity contribution in [3.8, 4) is 0 Å². The molecule has 0 atom stereocenters. The predicted molar refractivity (Wildman–Crippen MR) is 37.2 cm³/mol. The summed E-state index contributed by atoms with van der Waals surface area (Å²) in [7, 11) is 0. The van der Waals surface area contributed by atoms with Gasteiger partial charge in [-0.25, -0.2) is 0 Å². The van der Waals surface area contributed by atoms with Gasteiger partial charge in [0.2, 0.25) is 0 Å². The Balaban J connectivity index is 0.000000490. The van der Waals surface area contributed by atoms with E-state index in [1.165, 1.54) is 0 Å². The molecule has 0 fully saturated rings. The minimum atomic E-state index is 0. The van der Waals surface area contributed by atoms with E-state index in [1.54, 1.807) is 12.4 Å². The second kappa shape index (κ2) is 4.39. The largest absolute Gasteiger partial charge is 0.264 e. The number of thiol groups is 1. The predicted octanol–water partition coefficient (Wildman–Crippen LogP) is 0.989.